The van der Waals surface area contributed by atoms with E-state index in [2.05, 4.69) is 9.88 Å². The molecule has 1 atom stereocenters. The first-order valence-corrected chi connectivity index (χ1v) is 8.12. The Bertz CT molecular complexity index is 689. The average molecular weight is 300 g/mol. The smallest absolute Gasteiger partial charge is 0.241 e. The van der Waals surface area contributed by atoms with Gasteiger partial charge in [-0.2, -0.15) is 0 Å². The fourth-order valence-corrected chi connectivity index (χ4v) is 2.96. The van der Waals surface area contributed by atoms with Crippen molar-refractivity contribution >= 4 is 22.6 Å². The van der Waals surface area contributed by atoms with E-state index in [0.717, 1.165) is 35.5 Å². The second-order valence-electron chi connectivity index (χ2n) is 6.45. The van der Waals surface area contributed by atoms with E-state index in [0.29, 0.717) is 0 Å². The van der Waals surface area contributed by atoms with Crippen LogP contribution in [0.5, 0.6) is 0 Å². The van der Waals surface area contributed by atoms with E-state index in [-0.39, 0.29) is 11.8 Å². The third kappa shape index (κ3) is 2.86. The number of aromatic nitrogens is 2. The van der Waals surface area contributed by atoms with Crippen LogP contribution >= 0.6 is 0 Å². The zero-order valence-corrected chi connectivity index (χ0v) is 13.3. The molecule has 3 N–H and O–H groups in total. The number of amides is 1. The number of carbonyl (C=O) groups is 1. The number of rotatable bonds is 3. The monoisotopic (exact) mass is 300 g/mol. The SMILES string of the molecule is CC(C)[C@H](N)C(=O)Nc1ccc2c(c1)nc1n2CCCCC1. The molecule has 0 bridgehead atoms. The molecular weight excluding hydrogens is 276 g/mol. The Labute approximate surface area is 130 Å². The Morgan fingerprint density at radius 2 is 2.14 bits per heavy atom. The fourth-order valence-electron chi connectivity index (χ4n) is 2.96. The van der Waals surface area contributed by atoms with Gasteiger partial charge in [0.15, 0.2) is 0 Å². The van der Waals surface area contributed by atoms with Gasteiger partial charge in [0.1, 0.15) is 5.82 Å². The first-order chi connectivity index (χ1) is 10.6. The van der Waals surface area contributed by atoms with E-state index in [4.69, 9.17) is 10.7 Å². The van der Waals surface area contributed by atoms with Crippen molar-refractivity contribution in [3.05, 3.63) is 24.0 Å². The second-order valence-corrected chi connectivity index (χ2v) is 6.45. The number of benzene rings is 1. The Kier molecular flexibility index (Phi) is 4.16. The summed E-state index contributed by atoms with van der Waals surface area (Å²) in [5.74, 6) is 1.14. The minimum Gasteiger partial charge on any atom is -0.328 e. The van der Waals surface area contributed by atoms with Crippen LogP contribution in [0.15, 0.2) is 18.2 Å². The van der Waals surface area contributed by atoms with Gasteiger partial charge in [0.2, 0.25) is 5.91 Å². The number of imidazole rings is 1. The standard InChI is InChI=1S/C17H24N4O/c1-11(2)16(18)17(22)19-12-7-8-14-13(10-12)20-15-6-4-3-5-9-21(14)15/h7-8,10-11,16H,3-6,9,18H2,1-2H3,(H,19,22)/t16-/m0/s1. The molecular formula is C17H24N4O. The molecule has 1 amide bonds. The van der Waals surface area contributed by atoms with Crippen LogP contribution in [0.2, 0.25) is 0 Å². The van der Waals surface area contributed by atoms with Gasteiger partial charge >= 0.3 is 0 Å². The van der Waals surface area contributed by atoms with E-state index in [1.54, 1.807) is 0 Å². The lowest BCUT2D eigenvalue weighted by molar-refractivity contribution is -0.118. The number of anilines is 1. The average Bonchev–Trinajstić information content (AvgIpc) is 2.67. The van der Waals surface area contributed by atoms with Gasteiger partial charge in [-0.3, -0.25) is 4.79 Å². The molecule has 1 aliphatic heterocycles. The summed E-state index contributed by atoms with van der Waals surface area (Å²) in [5, 5.41) is 2.89. The number of carbonyl (C=O) groups excluding carboxylic acids is 1. The van der Waals surface area contributed by atoms with E-state index < -0.39 is 6.04 Å². The van der Waals surface area contributed by atoms with Gasteiger partial charge in [0.25, 0.3) is 0 Å². The molecule has 2 heterocycles. The molecule has 5 nitrogen and oxygen atoms in total. The van der Waals surface area contributed by atoms with E-state index in [1.165, 1.54) is 19.3 Å². The summed E-state index contributed by atoms with van der Waals surface area (Å²) in [6, 6.07) is 5.44. The lowest BCUT2D eigenvalue weighted by Crippen LogP contribution is -2.39. The van der Waals surface area contributed by atoms with Crippen LogP contribution < -0.4 is 11.1 Å². The molecule has 1 aliphatic rings. The Hall–Kier alpha value is -1.88. The summed E-state index contributed by atoms with van der Waals surface area (Å²) in [5.41, 5.74) is 8.76. The maximum absolute atomic E-state index is 12.1. The zero-order chi connectivity index (χ0) is 15.7. The predicted octanol–water partition coefficient (Wildman–Crippen LogP) is 2.68. The van der Waals surface area contributed by atoms with Gasteiger partial charge in [-0.25, -0.2) is 4.98 Å². The van der Waals surface area contributed by atoms with Crippen molar-refractivity contribution in [1.82, 2.24) is 9.55 Å². The highest BCUT2D eigenvalue weighted by atomic mass is 16.2. The number of nitrogens with one attached hydrogen (secondary N) is 1. The van der Waals surface area contributed by atoms with Crippen molar-refractivity contribution in [2.75, 3.05) is 5.32 Å². The van der Waals surface area contributed by atoms with Crippen LogP contribution in [0.4, 0.5) is 5.69 Å². The Balaban J connectivity index is 1.86. The van der Waals surface area contributed by atoms with E-state index >= 15 is 0 Å². The normalized spacial score (nSPS) is 16.4. The highest BCUT2D eigenvalue weighted by Crippen LogP contribution is 2.24. The predicted molar refractivity (Wildman–Crippen MR) is 88.7 cm³/mol. The van der Waals surface area contributed by atoms with E-state index in [9.17, 15) is 4.79 Å². The van der Waals surface area contributed by atoms with Crippen molar-refractivity contribution < 1.29 is 4.79 Å². The molecule has 0 spiro atoms. The fraction of sp³-hybridized carbons (Fsp3) is 0.529. The molecule has 0 fully saturated rings. The van der Waals surface area contributed by atoms with Crippen molar-refractivity contribution in [2.45, 2.75) is 52.1 Å². The lowest BCUT2D eigenvalue weighted by atomic mass is 10.0. The molecule has 1 aromatic heterocycles. The first kappa shape index (κ1) is 15.0. The molecule has 22 heavy (non-hydrogen) atoms. The van der Waals surface area contributed by atoms with Crippen LogP contribution in [0, 0.1) is 5.92 Å². The summed E-state index contributed by atoms with van der Waals surface area (Å²) in [6.45, 7) is 4.93. The van der Waals surface area contributed by atoms with Gasteiger partial charge in [-0.05, 0) is 37.0 Å². The van der Waals surface area contributed by atoms with Gasteiger partial charge in [-0.1, -0.05) is 20.3 Å². The van der Waals surface area contributed by atoms with Gasteiger partial charge < -0.3 is 15.6 Å². The van der Waals surface area contributed by atoms with E-state index in [1.807, 2.05) is 32.0 Å². The summed E-state index contributed by atoms with van der Waals surface area (Å²) in [6.07, 6.45) is 4.72. The van der Waals surface area contributed by atoms with Crippen LogP contribution in [0.1, 0.15) is 38.9 Å². The van der Waals surface area contributed by atoms with Crippen LogP contribution in [-0.2, 0) is 17.8 Å². The third-order valence-corrected chi connectivity index (χ3v) is 4.40. The van der Waals surface area contributed by atoms with Gasteiger partial charge in [0.05, 0.1) is 17.1 Å². The topological polar surface area (TPSA) is 72.9 Å². The highest BCUT2D eigenvalue weighted by molar-refractivity contribution is 5.96. The summed E-state index contributed by atoms with van der Waals surface area (Å²) in [4.78, 5) is 16.8. The minimum absolute atomic E-state index is 0.118. The van der Waals surface area contributed by atoms with Crippen molar-refractivity contribution in [1.29, 1.82) is 0 Å². The number of nitrogens with zero attached hydrogens (tertiary/aromatic N) is 2. The number of hydrogen-bond acceptors (Lipinski definition) is 3. The Morgan fingerprint density at radius 1 is 1.32 bits per heavy atom. The molecule has 0 unspecified atom stereocenters. The largest absolute Gasteiger partial charge is 0.328 e. The first-order valence-electron chi connectivity index (χ1n) is 8.12. The summed E-state index contributed by atoms with van der Waals surface area (Å²) < 4.78 is 2.31. The molecule has 2 aromatic rings. The maximum atomic E-state index is 12.1. The molecule has 3 rings (SSSR count). The van der Waals surface area contributed by atoms with Crippen molar-refractivity contribution in [3.8, 4) is 0 Å². The zero-order valence-electron chi connectivity index (χ0n) is 13.3. The number of aryl methyl sites for hydroxylation is 2. The highest BCUT2D eigenvalue weighted by Gasteiger charge is 2.18. The minimum atomic E-state index is -0.491. The van der Waals surface area contributed by atoms with Crippen molar-refractivity contribution in [2.24, 2.45) is 11.7 Å². The number of hydrogen-bond donors (Lipinski definition) is 2. The summed E-state index contributed by atoms with van der Waals surface area (Å²) in [7, 11) is 0. The molecule has 0 aliphatic carbocycles. The number of fused-ring (bicyclic) bond motifs is 3. The van der Waals surface area contributed by atoms with Gasteiger partial charge in [-0.15, -0.1) is 0 Å². The van der Waals surface area contributed by atoms with Crippen LogP contribution in [0.25, 0.3) is 11.0 Å². The van der Waals surface area contributed by atoms with Gasteiger partial charge in [0, 0.05) is 18.7 Å². The lowest BCUT2D eigenvalue weighted by Gasteiger charge is -2.15. The molecule has 0 radical (unpaired) electrons. The number of nitrogens with two attached hydrogens (primary N) is 1. The second kappa shape index (κ2) is 6.08. The van der Waals surface area contributed by atoms with Crippen LogP contribution in [-0.4, -0.2) is 21.5 Å². The Morgan fingerprint density at radius 3 is 2.91 bits per heavy atom. The van der Waals surface area contributed by atoms with Crippen molar-refractivity contribution in [3.63, 3.8) is 0 Å². The molecule has 118 valence electrons. The molecule has 1 aromatic carbocycles. The summed E-state index contributed by atoms with van der Waals surface area (Å²) >= 11 is 0. The molecule has 0 saturated heterocycles. The quantitative estimate of drug-likeness (QED) is 0.915. The maximum Gasteiger partial charge on any atom is 0.241 e. The van der Waals surface area contributed by atoms with Crippen LogP contribution in [0.3, 0.4) is 0 Å². The molecule has 5 heteroatoms. The third-order valence-electron chi connectivity index (χ3n) is 4.40. The molecule has 0 saturated carbocycles.